The molecule has 0 saturated heterocycles. The average Bonchev–Trinajstić information content (AvgIpc) is 2.66. The molecule has 4 heteroatoms. The van der Waals surface area contributed by atoms with Crippen LogP contribution in [0.1, 0.15) is 5.56 Å². The van der Waals surface area contributed by atoms with Crippen LogP contribution in [0, 0.1) is 6.92 Å². The number of nitrogens with one attached hydrogen (secondary N) is 1. The Labute approximate surface area is 81.9 Å². The predicted molar refractivity (Wildman–Crippen MR) is 54.8 cm³/mol. The number of nitrogens with zero attached hydrogens (tertiary/aromatic N) is 1. The lowest BCUT2D eigenvalue weighted by Gasteiger charge is -2.09. The van der Waals surface area contributed by atoms with Crippen LogP contribution < -0.4 is 10.1 Å². The van der Waals surface area contributed by atoms with E-state index in [9.17, 15) is 0 Å². The van der Waals surface area contributed by atoms with E-state index in [1.54, 1.807) is 7.11 Å². The Morgan fingerprint density at radius 2 is 2.29 bits per heavy atom. The minimum atomic E-state index is 0.784. The number of fused-ring (bicyclic) bond motifs is 1. The van der Waals surface area contributed by atoms with Gasteiger partial charge in [0.15, 0.2) is 12.0 Å². The Hall–Kier alpha value is -1.71. The summed E-state index contributed by atoms with van der Waals surface area (Å²) >= 11 is 0. The van der Waals surface area contributed by atoms with Gasteiger partial charge in [-0.3, -0.25) is 0 Å². The molecule has 0 amide bonds. The maximum Gasteiger partial charge on any atom is 0.182 e. The lowest BCUT2D eigenvalue weighted by molar-refractivity contribution is 0.416. The highest BCUT2D eigenvalue weighted by Crippen LogP contribution is 2.34. The molecule has 74 valence electrons. The van der Waals surface area contributed by atoms with Crippen molar-refractivity contribution in [2.75, 3.05) is 19.5 Å². The summed E-state index contributed by atoms with van der Waals surface area (Å²) < 4.78 is 10.5. The quantitative estimate of drug-likeness (QED) is 0.792. The van der Waals surface area contributed by atoms with Gasteiger partial charge in [0, 0.05) is 7.05 Å². The van der Waals surface area contributed by atoms with Crippen LogP contribution in [0.2, 0.25) is 0 Å². The average molecular weight is 192 g/mol. The highest BCUT2D eigenvalue weighted by atomic mass is 16.5. The van der Waals surface area contributed by atoms with Crippen LogP contribution in [-0.4, -0.2) is 19.1 Å². The normalized spacial score (nSPS) is 10.5. The van der Waals surface area contributed by atoms with Crippen LogP contribution in [0.3, 0.4) is 0 Å². The number of hydrogen-bond donors (Lipinski definition) is 1. The molecule has 1 aromatic carbocycles. The van der Waals surface area contributed by atoms with Gasteiger partial charge in [-0.1, -0.05) is 0 Å². The standard InChI is InChI=1S/C10H12N2O2/c1-6-4-7(13-3)8(11-2)9-10(6)14-5-12-9/h4-5,11H,1-3H3. The third-order valence-electron chi connectivity index (χ3n) is 2.23. The van der Waals surface area contributed by atoms with E-state index in [0.717, 1.165) is 28.1 Å². The molecule has 2 aromatic rings. The maximum atomic E-state index is 5.28. The highest BCUT2D eigenvalue weighted by Gasteiger charge is 2.12. The SMILES string of the molecule is CNc1c(OC)cc(C)c2ocnc12. The third-order valence-corrected chi connectivity index (χ3v) is 2.23. The lowest BCUT2D eigenvalue weighted by Crippen LogP contribution is -1.95. The van der Waals surface area contributed by atoms with Crippen LogP contribution in [0.4, 0.5) is 5.69 Å². The molecule has 0 saturated carbocycles. The smallest absolute Gasteiger partial charge is 0.182 e. The summed E-state index contributed by atoms with van der Waals surface area (Å²) in [5.74, 6) is 0.784. The van der Waals surface area contributed by atoms with Gasteiger partial charge in [0.1, 0.15) is 17.0 Å². The zero-order chi connectivity index (χ0) is 10.1. The van der Waals surface area contributed by atoms with Crippen molar-refractivity contribution in [3.63, 3.8) is 0 Å². The largest absolute Gasteiger partial charge is 0.494 e. The Kier molecular flexibility index (Phi) is 2.04. The molecule has 1 aromatic heterocycles. The van der Waals surface area contributed by atoms with Gasteiger partial charge in [-0.15, -0.1) is 0 Å². The molecule has 0 aliphatic heterocycles. The van der Waals surface area contributed by atoms with E-state index in [2.05, 4.69) is 10.3 Å². The van der Waals surface area contributed by atoms with Gasteiger partial charge in [-0.25, -0.2) is 4.98 Å². The van der Waals surface area contributed by atoms with Crippen LogP contribution in [0.5, 0.6) is 5.75 Å². The summed E-state index contributed by atoms with van der Waals surface area (Å²) in [5, 5.41) is 3.06. The molecule has 0 spiro atoms. The first-order valence-electron chi connectivity index (χ1n) is 4.36. The molecule has 0 fully saturated rings. The molecule has 0 radical (unpaired) electrons. The van der Waals surface area contributed by atoms with E-state index in [-0.39, 0.29) is 0 Å². The molecule has 1 N–H and O–H groups in total. The fourth-order valence-electron chi connectivity index (χ4n) is 1.56. The number of ether oxygens (including phenoxy) is 1. The van der Waals surface area contributed by atoms with Gasteiger partial charge in [-0.05, 0) is 18.6 Å². The van der Waals surface area contributed by atoms with Crippen molar-refractivity contribution in [3.05, 3.63) is 18.0 Å². The number of aryl methyl sites for hydroxylation is 1. The van der Waals surface area contributed by atoms with Gasteiger partial charge < -0.3 is 14.5 Å². The van der Waals surface area contributed by atoms with Crippen LogP contribution in [0.25, 0.3) is 11.1 Å². The maximum absolute atomic E-state index is 5.28. The van der Waals surface area contributed by atoms with E-state index < -0.39 is 0 Å². The number of benzene rings is 1. The van der Waals surface area contributed by atoms with Crippen molar-refractivity contribution in [2.45, 2.75) is 6.92 Å². The first-order valence-corrected chi connectivity index (χ1v) is 4.36. The Balaban J connectivity index is 2.82. The van der Waals surface area contributed by atoms with E-state index >= 15 is 0 Å². The van der Waals surface area contributed by atoms with E-state index in [0.29, 0.717) is 0 Å². The summed E-state index contributed by atoms with van der Waals surface area (Å²) in [5.41, 5.74) is 3.50. The number of methoxy groups -OCH3 is 1. The second-order valence-corrected chi connectivity index (χ2v) is 3.05. The third kappa shape index (κ3) is 1.11. The minimum absolute atomic E-state index is 0.784. The van der Waals surface area contributed by atoms with E-state index in [4.69, 9.17) is 9.15 Å². The predicted octanol–water partition coefficient (Wildman–Crippen LogP) is 2.19. The molecule has 0 aliphatic carbocycles. The fourth-order valence-corrected chi connectivity index (χ4v) is 1.56. The van der Waals surface area contributed by atoms with Crippen molar-refractivity contribution >= 4 is 16.8 Å². The van der Waals surface area contributed by atoms with Gasteiger partial charge >= 0.3 is 0 Å². The summed E-state index contributed by atoms with van der Waals surface area (Å²) in [7, 11) is 3.48. The molecule has 0 bridgehead atoms. The Morgan fingerprint density at radius 1 is 1.50 bits per heavy atom. The van der Waals surface area contributed by atoms with Crippen LogP contribution >= 0.6 is 0 Å². The fraction of sp³-hybridized carbons (Fsp3) is 0.300. The Bertz CT molecular complexity index is 462. The van der Waals surface area contributed by atoms with Crippen molar-refractivity contribution in [1.29, 1.82) is 0 Å². The molecule has 14 heavy (non-hydrogen) atoms. The molecular formula is C10H12N2O2. The second kappa shape index (κ2) is 3.21. The number of anilines is 1. The first-order chi connectivity index (χ1) is 6.77. The second-order valence-electron chi connectivity index (χ2n) is 3.05. The zero-order valence-electron chi connectivity index (χ0n) is 8.42. The van der Waals surface area contributed by atoms with Crippen LogP contribution in [0.15, 0.2) is 16.9 Å². The van der Waals surface area contributed by atoms with E-state index in [1.165, 1.54) is 6.39 Å². The molecule has 0 unspecified atom stereocenters. The Morgan fingerprint density at radius 3 is 2.93 bits per heavy atom. The minimum Gasteiger partial charge on any atom is -0.494 e. The topological polar surface area (TPSA) is 47.3 Å². The number of rotatable bonds is 2. The summed E-state index contributed by atoms with van der Waals surface area (Å²) in [6, 6.07) is 1.93. The number of aromatic nitrogens is 1. The lowest BCUT2D eigenvalue weighted by atomic mass is 10.1. The van der Waals surface area contributed by atoms with Crippen molar-refractivity contribution < 1.29 is 9.15 Å². The highest BCUT2D eigenvalue weighted by molar-refractivity contribution is 5.92. The van der Waals surface area contributed by atoms with Crippen LogP contribution in [-0.2, 0) is 0 Å². The molecule has 0 atom stereocenters. The van der Waals surface area contributed by atoms with Gasteiger partial charge in [0.2, 0.25) is 0 Å². The molecule has 0 aliphatic rings. The van der Waals surface area contributed by atoms with Crippen molar-refractivity contribution in [1.82, 2.24) is 4.98 Å². The summed E-state index contributed by atoms with van der Waals surface area (Å²) in [6.45, 7) is 1.97. The summed E-state index contributed by atoms with van der Waals surface area (Å²) in [4.78, 5) is 4.15. The molecule has 1 heterocycles. The summed E-state index contributed by atoms with van der Waals surface area (Å²) in [6.07, 6.45) is 1.44. The molecule has 2 rings (SSSR count). The first kappa shape index (κ1) is 8.87. The van der Waals surface area contributed by atoms with Crippen molar-refractivity contribution in [2.24, 2.45) is 0 Å². The molecule has 4 nitrogen and oxygen atoms in total. The van der Waals surface area contributed by atoms with Gasteiger partial charge in [0.25, 0.3) is 0 Å². The van der Waals surface area contributed by atoms with E-state index in [1.807, 2.05) is 20.0 Å². The zero-order valence-corrected chi connectivity index (χ0v) is 8.42. The van der Waals surface area contributed by atoms with Gasteiger partial charge in [-0.2, -0.15) is 0 Å². The molecular weight excluding hydrogens is 180 g/mol. The van der Waals surface area contributed by atoms with Crippen molar-refractivity contribution in [3.8, 4) is 5.75 Å². The number of oxazole rings is 1. The monoisotopic (exact) mass is 192 g/mol. The van der Waals surface area contributed by atoms with Gasteiger partial charge in [0.05, 0.1) is 7.11 Å². The number of hydrogen-bond acceptors (Lipinski definition) is 4.